The van der Waals surface area contributed by atoms with Crippen molar-refractivity contribution in [3.05, 3.63) is 83.2 Å². The van der Waals surface area contributed by atoms with Gasteiger partial charge >= 0.3 is 12.1 Å². The molecule has 1 amide bonds. The van der Waals surface area contributed by atoms with Gasteiger partial charge in [0.25, 0.3) is 5.91 Å². The van der Waals surface area contributed by atoms with Gasteiger partial charge in [0.1, 0.15) is 16.9 Å². The van der Waals surface area contributed by atoms with Gasteiger partial charge in [-0.25, -0.2) is 9.07 Å². The summed E-state index contributed by atoms with van der Waals surface area (Å²) in [5.74, 6) is -1.40. The number of nitrogens with one attached hydrogen (secondary N) is 1. The van der Waals surface area contributed by atoms with Crippen molar-refractivity contribution >= 4 is 22.9 Å². The number of alkyl halides is 3. The minimum atomic E-state index is -4.45. The molecular weight excluding hydrogens is 540 g/mol. The van der Waals surface area contributed by atoms with Gasteiger partial charge in [-0.1, -0.05) is 29.5 Å². The number of benzene rings is 3. The maximum Gasteiger partial charge on any atom is 0.416 e. The largest absolute Gasteiger partial charge is 0.481 e. The number of halogens is 4. The molecule has 0 unspecified atom stereocenters. The Kier molecular flexibility index (Phi) is 6.55. The molecule has 0 saturated heterocycles. The standard InChI is InChI=1S/C30H26F4N4O3/c31-22-3-1-2-19(9-22)20-10-24(28(41)35-23-14-29(15-23)12-18(13-29)8-26(39)40)27-25(11-20)36-37-38(27)16-17-4-6-21(7-5-17)30(32,33)34/h1-7,9-11,18,23H,8,12-16H2,(H,35,41)(H,39,40). The highest BCUT2D eigenvalue weighted by molar-refractivity contribution is 6.06. The first-order chi connectivity index (χ1) is 19.5. The van der Waals surface area contributed by atoms with Crippen LogP contribution in [0, 0.1) is 17.2 Å². The van der Waals surface area contributed by atoms with Gasteiger partial charge < -0.3 is 10.4 Å². The van der Waals surface area contributed by atoms with E-state index in [0.29, 0.717) is 27.7 Å². The third-order valence-electron chi connectivity index (χ3n) is 8.23. The summed E-state index contributed by atoms with van der Waals surface area (Å²) in [4.78, 5) is 24.6. The van der Waals surface area contributed by atoms with Crippen molar-refractivity contribution in [3.8, 4) is 11.1 Å². The summed E-state index contributed by atoms with van der Waals surface area (Å²) >= 11 is 0. The lowest BCUT2D eigenvalue weighted by atomic mass is 9.49. The lowest BCUT2D eigenvalue weighted by Crippen LogP contribution is -2.56. The minimum Gasteiger partial charge on any atom is -0.481 e. The molecule has 6 rings (SSSR count). The Morgan fingerprint density at radius 2 is 1.73 bits per heavy atom. The Morgan fingerprint density at radius 1 is 1.00 bits per heavy atom. The molecule has 3 aromatic carbocycles. The van der Waals surface area contributed by atoms with Crippen LogP contribution in [0.3, 0.4) is 0 Å². The number of nitrogens with zero attached hydrogens (tertiary/aromatic N) is 3. The molecule has 0 radical (unpaired) electrons. The number of aliphatic carboxylic acids is 1. The molecule has 4 aromatic rings. The summed E-state index contributed by atoms with van der Waals surface area (Å²) in [5, 5.41) is 20.5. The average molecular weight is 567 g/mol. The second-order valence-electron chi connectivity index (χ2n) is 11.3. The Labute approximate surface area is 232 Å². The number of rotatable bonds is 7. The highest BCUT2D eigenvalue weighted by Crippen LogP contribution is 2.59. The van der Waals surface area contributed by atoms with Gasteiger partial charge in [0.15, 0.2) is 0 Å². The predicted octanol–water partition coefficient (Wildman–Crippen LogP) is 6.07. The lowest BCUT2D eigenvalue weighted by Gasteiger charge is -2.57. The van der Waals surface area contributed by atoms with E-state index in [4.69, 9.17) is 5.11 Å². The maximum absolute atomic E-state index is 14.0. The fourth-order valence-electron chi connectivity index (χ4n) is 6.44. The molecule has 2 fully saturated rings. The fraction of sp³-hybridized carbons (Fsp3) is 0.333. The van der Waals surface area contributed by atoms with Crippen molar-refractivity contribution in [2.45, 2.75) is 50.9 Å². The lowest BCUT2D eigenvalue weighted by molar-refractivity contribution is -0.142. The summed E-state index contributed by atoms with van der Waals surface area (Å²) in [7, 11) is 0. The quantitative estimate of drug-likeness (QED) is 0.265. The predicted molar refractivity (Wildman–Crippen MR) is 141 cm³/mol. The number of carboxylic acids is 1. The summed E-state index contributed by atoms with van der Waals surface area (Å²) in [6, 6.07) is 14.0. The van der Waals surface area contributed by atoms with Crippen molar-refractivity contribution in [1.29, 1.82) is 0 Å². The second-order valence-corrected chi connectivity index (χ2v) is 11.3. The Morgan fingerprint density at radius 3 is 2.39 bits per heavy atom. The normalized spacial score (nSPS) is 21.9. The molecule has 0 atom stereocenters. The van der Waals surface area contributed by atoms with Gasteiger partial charge in [-0.05, 0) is 90.1 Å². The van der Waals surface area contributed by atoms with E-state index in [9.17, 15) is 27.2 Å². The first-order valence-electron chi connectivity index (χ1n) is 13.3. The minimum absolute atomic E-state index is 0.0691. The SMILES string of the molecule is O=C(O)CC1CC2(C1)CC(NC(=O)c1cc(-c3cccc(F)c3)cc3nnn(Cc4ccc(C(F)(F)F)cc4)c13)C2. The summed E-state index contributed by atoms with van der Waals surface area (Å²) in [5.41, 5.74) is 2.09. The zero-order valence-corrected chi connectivity index (χ0v) is 21.8. The van der Waals surface area contributed by atoms with Crippen LogP contribution in [0.4, 0.5) is 17.6 Å². The number of carbonyl (C=O) groups is 2. The van der Waals surface area contributed by atoms with E-state index >= 15 is 0 Å². The van der Waals surface area contributed by atoms with Crippen LogP contribution in [-0.4, -0.2) is 38.0 Å². The molecule has 0 bridgehead atoms. The molecule has 1 spiro atoms. The van der Waals surface area contributed by atoms with E-state index in [2.05, 4.69) is 15.6 Å². The number of carboxylic acid groups (broad SMARTS) is 1. The molecule has 2 aliphatic rings. The van der Waals surface area contributed by atoms with Crippen LogP contribution in [0.25, 0.3) is 22.2 Å². The molecule has 41 heavy (non-hydrogen) atoms. The number of aromatic nitrogens is 3. The van der Waals surface area contributed by atoms with Crippen LogP contribution >= 0.6 is 0 Å². The summed E-state index contributed by atoms with van der Waals surface area (Å²) in [6.45, 7) is 0.0890. The zero-order chi connectivity index (χ0) is 28.9. The molecule has 2 saturated carbocycles. The van der Waals surface area contributed by atoms with Crippen molar-refractivity contribution in [2.24, 2.45) is 11.3 Å². The molecule has 212 valence electrons. The second kappa shape index (κ2) is 9.97. The van der Waals surface area contributed by atoms with Crippen LogP contribution < -0.4 is 5.32 Å². The maximum atomic E-state index is 14.0. The van der Waals surface area contributed by atoms with Crippen molar-refractivity contribution in [3.63, 3.8) is 0 Å². The Hall–Kier alpha value is -4.28. The van der Waals surface area contributed by atoms with E-state index in [-0.39, 0.29) is 41.8 Å². The number of carbonyl (C=O) groups excluding carboxylic acids is 1. The summed E-state index contributed by atoms with van der Waals surface area (Å²) in [6.07, 6.45) is -1.06. The number of fused-ring (bicyclic) bond motifs is 1. The number of hydrogen-bond donors (Lipinski definition) is 2. The third kappa shape index (κ3) is 5.40. The Bertz CT molecular complexity index is 1630. The van der Waals surface area contributed by atoms with Gasteiger partial charge in [-0.15, -0.1) is 5.10 Å². The van der Waals surface area contributed by atoms with Gasteiger partial charge in [-0.3, -0.25) is 9.59 Å². The fourth-order valence-corrected chi connectivity index (χ4v) is 6.44. The van der Waals surface area contributed by atoms with E-state index in [1.54, 1.807) is 24.3 Å². The highest BCUT2D eigenvalue weighted by atomic mass is 19.4. The van der Waals surface area contributed by atoms with Gasteiger partial charge in [0, 0.05) is 12.5 Å². The van der Waals surface area contributed by atoms with Gasteiger partial charge in [-0.2, -0.15) is 13.2 Å². The van der Waals surface area contributed by atoms with Crippen LogP contribution in [0.5, 0.6) is 0 Å². The van der Waals surface area contributed by atoms with E-state index in [1.165, 1.54) is 28.9 Å². The topological polar surface area (TPSA) is 97.1 Å². The monoisotopic (exact) mass is 566 g/mol. The van der Waals surface area contributed by atoms with E-state index in [0.717, 1.165) is 37.8 Å². The average Bonchev–Trinajstić information content (AvgIpc) is 3.27. The number of hydrogen-bond acceptors (Lipinski definition) is 4. The molecule has 2 aliphatic carbocycles. The smallest absolute Gasteiger partial charge is 0.416 e. The van der Waals surface area contributed by atoms with Crippen LogP contribution in [0.2, 0.25) is 0 Å². The highest BCUT2D eigenvalue weighted by Gasteiger charge is 2.53. The molecule has 2 N–H and O–H groups in total. The van der Waals surface area contributed by atoms with E-state index in [1.807, 2.05) is 0 Å². The van der Waals surface area contributed by atoms with Gasteiger partial charge in [0.05, 0.1) is 17.7 Å². The van der Waals surface area contributed by atoms with Crippen molar-refractivity contribution in [2.75, 3.05) is 0 Å². The molecule has 7 nitrogen and oxygen atoms in total. The molecule has 1 heterocycles. The summed E-state index contributed by atoms with van der Waals surface area (Å²) < 4.78 is 54.5. The van der Waals surface area contributed by atoms with E-state index < -0.39 is 23.5 Å². The van der Waals surface area contributed by atoms with Crippen LogP contribution in [-0.2, 0) is 17.5 Å². The third-order valence-corrected chi connectivity index (χ3v) is 8.23. The van der Waals surface area contributed by atoms with Crippen LogP contribution in [0.15, 0.2) is 60.7 Å². The Balaban J connectivity index is 1.28. The molecular formula is C30H26F4N4O3. The first-order valence-corrected chi connectivity index (χ1v) is 13.3. The van der Waals surface area contributed by atoms with Crippen LogP contribution in [0.1, 0.15) is 53.6 Å². The molecule has 1 aromatic heterocycles. The molecule has 11 heteroatoms. The van der Waals surface area contributed by atoms with Crippen molar-refractivity contribution < 1.29 is 32.3 Å². The zero-order valence-electron chi connectivity index (χ0n) is 21.8. The number of amides is 1. The van der Waals surface area contributed by atoms with Crippen molar-refractivity contribution in [1.82, 2.24) is 20.3 Å². The first kappa shape index (κ1) is 26.9. The molecule has 0 aliphatic heterocycles. The van der Waals surface area contributed by atoms with Gasteiger partial charge in [0.2, 0.25) is 0 Å².